The van der Waals surface area contributed by atoms with Gasteiger partial charge in [0, 0.05) is 31.6 Å². The quantitative estimate of drug-likeness (QED) is 0.595. The molecule has 0 radical (unpaired) electrons. The minimum absolute atomic E-state index is 0.202. The van der Waals surface area contributed by atoms with Crippen LogP contribution in [0.3, 0.4) is 0 Å². The lowest BCUT2D eigenvalue weighted by atomic mass is 10.2. The summed E-state index contributed by atoms with van der Waals surface area (Å²) < 4.78 is 0. The number of nitrogens with zero attached hydrogens (tertiary/aromatic N) is 1. The van der Waals surface area contributed by atoms with Gasteiger partial charge in [-0.05, 0) is 19.4 Å². The summed E-state index contributed by atoms with van der Waals surface area (Å²) >= 11 is 0. The predicted molar refractivity (Wildman–Crippen MR) is 50.2 cm³/mol. The molecule has 2 fully saturated rings. The Labute approximate surface area is 78.5 Å². The fraction of sp³-hybridized carbons (Fsp3) is 0.889. The summed E-state index contributed by atoms with van der Waals surface area (Å²) in [4.78, 5) is 13.3. The van der Waals surface area contributed by atoms with E-state index in [9.17, 15) is 4.79 Å². The molecule has 2 aliphatic heterocycles. The molecule has 2 rings (SSSR count). The van der Waals surface area contributed by atoms with Crippen LogP contribution in [-0.2, 0) is 4.79 Å². The van der Waals surface area contributed by atoms with Crippen molar-refractivity contribution in [2.75, 3.05) is 19.6 Å². The van der Waals surface area contributed by atoms with E-state index in [2.05, 4.69) is 10.2 Å². The summed E-state index contributed by atoms with van der Waals surface area (Å²) in [5.74, 6) is 0.202. The van der Waals surface area contributed by atoms with Gasteiger partial charge in [-0.2, -0.15) is 0 Å². The van der Waals surface area contributed by atoms with Crippen LogP contribution in [0.4, 0.5) is 0 Å². The van der Waals surface area contributed by atoms with Gasteiger partial charge in [0.15, 0.2) is 0 Å². The molecule has 74 valence electrons. The van der Waals surface area contributed by atoms with Crippen LogP contribution in [0.5, 0.6) is 0 Å². The van der Waals surface area contributed by atoms with Crippen LogP contribution in [0.1, 0.15) is 19.3 Å². The first kappa shape index (κ1) is 8.97. The number of hydrogen-bond acceptors (Lipinski definition) is 3. The van der Waals surface area contributed by atoms with Crippen molar-refractivity contribution >= 4 is 5.91 Å². The van der Waals surface area contributed by atoms with Crippen molar-refractivity contribution in [2.24, 2.45) is 5.73 Å². The van der Waals surface area contributed by atoms with E-state index in [1.54, 1.807) is 0 Å². The van der Waals surface area contributed by atoms with E-state index in [1.807, 2.05) is 0 Å². The van der Waals surface area contributed by atoms with Crippen LogP contribution in [0.25, 0.3) is 0 Å². The van der Waals surface area contributed by atoms with Gasteiger partial charge in [0.2, 0.25) is 5.91 Å². The topological polar surface area (TPSA) is 58.4 Å². The van der Waals surface area contributed by atoms with Gasteiger partial charge in [-0.15, -0.1) is 0 Å². The van der Waals surface area contributed by atoms with Gasteiger partial charge in [-0.1, -0.05) is 0 Å². The van der Waals surface area contributed by atoms with Crippen molar-refractivity contribution in [2.45, 2.75) is 31.3 Å². The molecular weight excluding hydrogens is 166 g/mol. The van der Waals surface area contributed by atoms with Gasteiger partial charge in [0.1, 0.15) is 0 Å². The third kappa shape index (κ3) is 2.19. The standard InChI is InChI=1S/C9H17N3O/c10-7-3-4-12(5-7)6-8-1-2-9(13)11-8/h7-8H,1-6,10H2,(H,11,13)/t7-,8?/m0/s1. The zero-order valence-electron chi connectivity index (χ0n) is 7.83. The fourth-order valence-corrected chi connectivity index (χ4v) is 2.15. The molecule has 0 aromatic carbocycles. The molecule has 0 aromatic heterocycles. The van der Waals surface area contributed by atoms with Crippen LogP contribution >= 0.6 is 0 Å². The largest absolute Gasteiger partial charge is 0.352 e. The van der Waals surface area contributed by atoms with Crippen molar-refractivity contribution < 1.29 is 4.79 Å². The summed E-state index contributed by atoms with van der Waals surface area (Å²) in [6.45, 7) is 3.07. The van der Waals surface area contributed by atoms with Gasteiger partial charge in [0.25, 0.3) is 0 Å². The van der Waals surface area contributed by atoms with Crippen molar-refractivity contribution in [1.29, 1.82) is 0 Å². The molecule has 2 heterocycles. The van der Waals surface area contributed by atoms with Crippen molar-refractivity contribution in [3.05, 3.63) is 0 Å². The summed E-state index contributed by atoms with van der Waals surface area (Å²) in [7, 11) is 0. The molecule has 2 aliphatic rings. The second-order valence-corrected chi connectivity index (χ2v) is 4.11. The zero-order valence-corrected chi connectivity index (χ0v) is 7.83. The lowest BCUT2D eigenvalue weighted by molar-refractivity contribution is -0.119. The molecule has 0 saturated carbocycles. The molecule has 4 heteroatoms. The van der Waals surface area contributed by atoms with Gasteiger partial charge < -0.3 is 11.1 Å². The first-order valence-electron chi connectivity index (χ1n) is 5.01. The molecule has 0 spiro atoms. The number of nitrogens with two attached hydrogens (primary N) is 1. The van der Waals surface area contributed by atoms with E-state index >= 15 is 0 Å². The maximum Gasteiger partial charge on any atom is 0.220 e. The lowest BCUT2D eigenvalue weighted by Gasteiger charge is -2.19. The Balaban J connectivity index is 1.75. The smallest absolute Gasteiger partial charge is 0.220 e. The van der Waals surface area contributed by atoms with E-state index in [0.717, 1.165) is 32.5 Å². The average Bonchev–Trinajstić information content (AvgIpc) is 2.62. The average molecular weight is 183 g/mol. The van der Waals surface area contributed by atoms with Crippen LogP contribution in [0, 0.1) is 0 Å². The normalized spacial score (nSPS) is 35.3. The van der Waals surface area contributed by atoms with Crippen LogP contribution in [0.2, 0.25) is 0 Å². The molecule has 3 N–H and O–H groups in total. The Morgan fingerprint density at radius 1 is 1.54 bits per heavy atom. The highest BCUT2D eigenvalue weighted by Gasteiger charge is 2.26. The third-order valence-electron chi connectivity index (χ3n) is 2.87. The first-order chi connectivity index (χ1) is 6.24. The maximum absolute atomic E-state index is 10.9. The van der Waals surface area contributed by atoms with E-state index in [4.69, 9.17) is 5.73 Å². The Bertz CT molecular complexity index is 207. The number of amides is 1. The van der Waals surface area contributed by atoms with Crippen molar-refractivity contribution in [3.63, 3.8) is 0 Å². The summed E-state index contributed by atoms with van der Waals surface area (Å²) in [6, 6.07) is 0.718. The molecule has 1 unspecified atom stereocenters. The molecule has 4 nitrogen and oxygen atoms in total. The van der Waals surface area contributed by atoms with E-state index < -0.39 is 0 Å². The second kappa shape index (κ2) is 3.64. The Morgan fingerprint density at radius 2 is 2.38 bits per heavy atom. The molecule has 0 bridgehead atoms. The second-order valence-electron chi connectivity index (χ2n) is 4.11. The molecule has 2 atom stereocenters. The Kier molecular flexibility index (Phi) is 2.51. The van der Waals surface area contributed by atoms with Crippen LogP contribution in [-0.4, -0.2) is 42.5 Å². The fourth-order valence-electron chi connectivity index (χ4n) is 2.15. The number of hydrogen-bond donors (Lipinski definition) is 2. The first-order valence-corrected chi connectivity index (χ1v) is 5.01. The monoisotopic (exact) mass is 183 g/mol. The number of rotatable bonds is 2. The molecule has 13 heavy (non-hydrogen) atoms. The van der Waals surface area contributed by atoms with Gasteiger partial charge in [-0.3, -0.25) is 9.69 Å². The highest BCUT2D eigenvalue weighted by atomic mass is 16.1. The number of nitrogens with one attached hydrogen (secondary N) is 1. The number of carbonyl (C=O) groups is 1. The number of likely N-dealkylation sites (tertiary alicyclic amines) is 1. The van der Waals surface area contributed by atoms with Gasteiger partial charge >= 0.3 is 0 Å². The lowest BCUT2D eigenvalue weighted by Crippen LogP contribution is -2.38. The molecule has 0 aromatic rings. The highest BCUT2D eigenvalue weighted by Crippen LogP contribution is 2.12. The summed E-state index contributed by atoms with van der Waals surface area (Å²) in [5.41, 5.74) is 5.80. The van der Waals surface area contributed by atoms with E-state index in [-0.39, 0.29) is 5.91 Å². The third-order valence-corrected chi connectivity index (χ3v) is 2.87. The zero-order chi connectivity index (χ0) is 9.26. The minimum atomic E-state index is 0.202. The van der Waals surface area contributed by atoms with Crippen molar-refractivity contribution in [1.82, 2.24) is 10.2 Å². The predicted octanol–water partition coefficient (Wildman–Crippen LogP) is -0.702. The molecule has 0 aliphatic carbocycles. The highest BCUT2D eigenvalue weighted by molar-refractivity contribution is 5.78. The summed E-state index contributed by atoms with van der Waals surface area (Å²) in [6.07, 6.45) is 2.79. The minimum Gasteiger partial charge on any atom is -0.352 e. The molecule has 1 amide bonds. The SMILES string of the molecule is N[C@H]1CCN(CC2CCC(=O)N2)C1. The van der Waals surface area contributed by atoms with Crippen molar-refractivity contribution in [3.8, 4) is 0 Å². The maximum atomic E-state index is 10.9. The van der Waals surface area contributed by atoms with E-state index in [0.29, 0.717) is 18.5 Å². The Morgan fingerprint density at radius 3 is 2.92 bits per heavy atom. The molecular formula is C9H17N3O. The van der Waals surface area contributed by atoms with E-state index in [1.165, 1.54) is 0 Å². The molecule has 2 saturated heterocycles. The van der Waals surface area contributed by atoms with Crippen LogP contribution < -0.4 is 11.1 Å². The van der Waals surface area contributed by atoms with Gasteiger partial charge in [-0.25, -0.2) is 0 Å². The summed E-state index contributed by atoms with van der Waals surface area (Å²) in [5, 5.41) is 2.97. The number of carbonyl (C=O) groups excluding carboxylic acids is 1. The van der Waals surface area contributed by atoms with Gasteiger partial charge in [0.05, 0.1) is 0 Å². The van der Waals surface area contributed by atoms with Crippen LogP contribution in [0.15, 0.2) is 0 Å². The Hall–Kier alpha value is -0.610.